The number of aromatic amines is 1. The van der Waals surface area contributed by atoms with Gasteiger partial charge >= 0.3 is 5.97 Å². The monoisotopic (exact) mass is 251 g/mol. The molecule has 2 rings (SSSR count). The Morgan fingerprint density at radius 1 is 1.22 bits per heavy atom. The van der Waals surface area contributed by atoms with Crippen LogP contribution in [0.15, 0.2) is 0 Å². The molecule has 1 aliphatic rings. The van der Waals surface area contributed by atoms with Gasteiger partial charge in [0.25, 0.3) is 0 Å². The van der Waals surface area contributed by atoms with Crippen molar-refractivity contribution in [2.75, 3.05) is 0 Å². The van der Waals surface area contributed by atoms with Crippen molar-refractivity contribution in [3.8, 4) is 0 Å². The summed E-state index contributed by atoms with van der Waals surface area (Å²) in [5.74, 6) is -0.0307. The number of nitrogens with zero attached hydrogens (tertiary/aromatic N) is 2. The van der Waals surface area contributed by atoms with E-state index < -0.39 is 5.60 Å². The molecule has 0 spiro atoms. The maximum atomic E-state index is 12.0. The van der Waals surface area contributed by atoms with Crippen molar-refractivity contribution in [1.82, 2.24) is 15.4 Å². The van der Waals surface area contributed by atoms with Crippen molar-refractivity contribution in [3.05, 3.63) is 11.4 Å². The minimum atomic E-state index is -0.500. The normalized spacial score (nSPS) is 17.7. The second kappa shape index (κ2) is 5.08. The van der Waals surface area contributed by atoms with E-state index in [0.29, 0.717) is 11.6 Å². The van der Waals surface area contributed by atoms with Gasteiger partial charge in [-0.15, -0.1) is 5.10 Å². The van der Waals surface area contributed by atoms with Crippen molar-refractivity contribution in [2.45, 2.75) is 64.4 Å². The fraction of sp³-hybridized carbons (Fsp3) is 0.769. The first kappa shape index (κ1) is 13.1. The first-order valence-electron chi connectivity index (χ1n) is 6.61. The molecule has 0 atom stereocenters. The van der Waals surface area contributed by atoms with Crippen molar-refractivity contribution >= 4 is 5.97 Å². The summed E-state index contributed by atoms with van der Waals surface area (Å²) in [6, 6.07) is 0. The number of H-pyrrole nitrogens is 1. The summed E-state index contributed by atoms with van der Waals surface area (Å²) >= 11 is 0. The van der Waals surface area contributed by atoms with Crippen LogP contribution in [0, 0.1) is 0 Å². The molecule has 5 heteroatoms. The van der Waals surface area contributed by atoms with Gasteiger partial charge in [0.15, 0.2) is 5.69 Å². The zero-order valence-electron chi connectivity index (χ0n) is 11.3. The molecule has 0 radical (unpaired) electrons. The van der Waals surface area contributed by atoms with E-state index in [-0.39, 0.29) is 5.97 Å². The Hall–Kier alpha value is -1.39. The molecule has 0 saturated heterocycles. The fourth-order valence-electron chi connectivity index (χ4n) is 2.38. The topological polar surface area (TPSA) is 67.9 Å². The minimum absolute atomic E-state index is 0.347. The summed E-state index contributed by atoms with van der Waals surface area (Å²) in [7, 11) is 0. The molecule has 1 N–H and O–H groups in total. The van der Waals surface area contributed by atoms with E-state index >= 15 is 0 Å². The van der Waals surface area contributed by atoms with Gasteiger partial charge in [-0.3, -0.25) is 0 Å². The van der Waals surface area contributed by atoms with Crippen LogP contribution in [0.4, 0.5) is 0 Å². The van der Waals surface area contributed by atoms with Gasteiger partial charge in [0.05, 0.1) is 0 Å². The average Bonchev–Trinajstić information content (AvgIpc) is 2.76. The Morgan fingerprint density at radius 3 is 2.50 bits per heavy atom. The predicted octanol–water partition coefficient (Wildman–Crippen LogP) is 2.81. The number of hydrogen-bond acceptors (Lipinski definition) is 4. The summed E-state index contributed by atoms with van der Waals surface area (Å²) < 4.78 is 5.35. The summed E-state index contributed by atoms with van der Waals surface area (Å²) in [4.78, 5) is 12.0. The fourth-order valence-corrected chi connectivity index (χ4v) is 2.38. The van der Waals surface area contributed by atoms with Crippen LogP contribution < -0.4 is 0 Å². The summed E-state index contributed by atoms with van der Waals surface area (Å²) in [5, 5.41) is 10.7. The maximum absolute atomic E-state index is 12.0. The number of nitrogens with one attached hydrogen (secondary N) is 1. The lowest BCUT2D eigenvalue weighted by Crippen LogP contribution is -2.25. The zero-order chi connectivity index (χ0) is 13.2. The minimum Gasteiger partial charge on any atom is -0.455 e. The lowest BCUT2D eigenvalue weighted by atomic mass is 9.86. The molecule has 0 bridgehead atoms. The number of carbonyl (C=O) groups excluding carboxylic acids is 1. The predicted molar refractivity (Wildman–Crippen MR) is 67.4 cm³/mol. The Morgan fingerprint density at radius 2 is 1.89 bits per heavy atom. The molecule has 0 unspecified atom stereocenters. The average molecular weight is 251 g/mol. The van der Waals surface area contributed by atoms with Crippen molar-refractivity contribution in [3.63, 3.8) is 0 Å². The van der Waals surface area contributed by atoms with E-state index in [9.17, 15) is 4.79 Å². The van der Waals surface area contributed by atoms with Crippen LogP contribution in [0.2, 0.25) is 0 Å². The van der Waals surface area contributed by atoms with Gasteiger partial charge in [0.1, 0.15) is 11.3 Å². The molecule has 1 heterocycles. The third kappa shape index (κ3) is 3.09. The SMILES string of the molecule is CC(C)(C)OC(=O)c1n[nH]nc1C1CCCCC1. The quantitative estimate of drug-likeness (QED) is 0.821. The molecule has 0 amide bonds. The Kier molecular flexibility index (Phi) is 3.68. The van der Waals surface area contributed by atoms with Gasteiger partial charge in [0.2, 0.25) is 0 Å². The summed E-state index contributed by atoms with van der Waals surface area (Å²) in [6.07, 6.45) is 5.84. The van der Waals surface area contributed by atoms with E-state index in [1.807, 2.05) is 20.8 Å². The number of aromatic nitrogens is 3. The number of rotatable bonds is 2. The lowest BCUT2D eigenvalue weighted by molar-refractivity contribution is 0.00607. The summed E-state index contributed by atoms with van der Waals surface area (Å²) in [5.41, 5.74) is 0.639. The van der Waals surface area contributed by atoms with Gasteiger partial charge in [-0.2, -0.15) is 10.3 Å². The largest absolute Gasteiger partial charge is 0.455 e. The van der Waals surface area contributed by atoms with Crippen LogP contribution in [0.3, 0.4) is 0 Å². The molecular weight excluding hydrogens is 230 g/mol. The van der Waals surface area contributed by atoms with Crippen LogP contribution in [0.1, 0.15) is 75.0 Å². The molecule has 100 valence electrons. The lowest BCUT2D eigenvalue weighted by Gasteiger charge is -2.22. The van der Waals surface area contributed by atoms with Crippen LogP contribution in [-0.2, 0) is 4.74 Å². The summed E-state index contributed by atoms with van der Waals surface area (Å²) in [6.45, 7) is 5.56. The molecule has 18 heavy (non-hydrogen) atoms. The maximum Gasteiger partial charge on any atom is 0.361 e. The van der Waals surface area contributed by atoms with Gasteiger partial charge in [0, 0.05) is 5.92 Å². The van der Waals surface area contributed by atoms with Gasteiger partial charge in [-0.05, 0) is 33.6 Å². The van der Waals surface area contributed by atoms with Crippen molar-refractivity contribution in [1.29, 1.82) is 0 Å². The number of carbonyl (C=O) groups is 1. The molecule has 1 aliphatic carbocycles. The Balaban J connectivity index is 2.14. The van der Waals surface area contributed by atoms with E-state index in [0.717, 1.165) is 18.5 Å². The molecule has 1 fully saturated rings. The molecule has 0 aliphatic heterocycles. The highest BCUT2D eigenvalue weighted by Crippen LogP contribution is 2.32. The highest BCUT2D eigenvalue weighted by atomic mass is 16.6. The van der Waals surface area contributed by atoms with Crippen molar-refractivity contribution < 1.29 is 9.53 Å². The number of esters is 1. The first-order valence-corrected chi connectivity index (χ1v) is 6.61. The Bertz CT molecular complexity index is 414. The first-order chi connectivity index (χ1) is 8.47. The molecular formula is C13H21N3O2. The molecule has 1 saturated carbocycles. The number of ether oxygens (including phenoxy) is 1. The standard InChI is InChI=1S/C13H21N3O2/c1-13(2,3)18-12(17)11-10(14-16-15-11)9-7-5-4-6-8-9/h9H,4-8H2,1-3H3,(H,14,15,16). The zero-order valence-corrected chi connectivity index (χ0v) is 11.3. The third-order valence-electron chi connectivity index (χ3n) is 3.16. The van der Waals surface area contributed by atoms with E-state index in [4.69, 9.17) is 4.74 Å². The smallest absolute Gasteiger partial charge is 0.361 e. The second-order valence-electron chi connectivity index (χ2n) is 5.89. The van der Waals surface area contributed by atoms with E-state index in [2.05, 4.69) is 15.4 Å². The van der Waals surface area contributed by atoms with Gasteiger partial charge in [-0.1, -0.05) is 19.3 Å². The Labute approximate surface area is 107 Å². The van der Waals surface area contributed by atoms with Crippen LogP contribution in [0.5, 0.6) is 0 Å². The highest BCUT2D eigenvalue weighted by Gasteiger charge is 2.28. The van der Waals surface area contributed by atoms with E-state index in [1.54, 1.807) is 0 Å². The van der Waals surface area contributed by atoms with Crippen LogP contribution in [-0.4, -0.2) is 27.0 Å². The van der Waals surface area contributed by atoms with Gasteiger partial charge < -0.3 is 4.74 Å². The number of hydrogen-bond donors (Lipinski definition) is 1. The van der Waals surface area contributed by atoms with Crippen LogP contribution in [0.25, 0.3) is 0 Å². The molecule has 1 aromatic rings. The second-order valence-corrected chi connectivity index (χ2v) is 5.89. The van der Waals surface area contributed by atoms with Crippen molar-refractivity contribution in [2.24, 2.45) is 0 Å². The third-order valence-corrected chi connectivity index (χ3v) is 3.16. The van der Waals surface area contributed by atoms with Gasteiger partial charge in [-0.25, -0.2) is 4.79 Å². The van der Waals surface area contributed by atoms with Crippen LogP contribution >= 0.6 is 0 Å². The highest BCUT2D eigenvalue weighted by molar-refractivity contribution is 5.88. The molecule has 1 aromatic heterocycles. The molecule has 0 aromatic carbocycles. The van der Waals surface area contributed by atoms with E-state index in [1.165, 1.54) is 19.3 Å². The molecule has 5 nitrogen and oxygen atoms in total.